The van der Waals surface area contributed by atoms with Gasteiger partial charge in [0.1, 0.15) is 6.04 Å². The molecule has 2 amide bonds. The quantitative estimate of drug-likeness (QED) is 0.210. The number of anilines is 1. The molecular weight excluding hydrogens is 649 g/mol. The molecule has 0 unspecified atom stereocenters. The fourth-order valence-electron chi connectivity index (χ4n) is 4.58. The Bertz CT molecular complexity index is 1320. The zero-order chi connectivity index (χ0) is 26.7. The van der Waals surface area contributed by atoms with E-state index in [1.165, 1.54) is 0 Å². The first-order valence-corrected chi connectivity index (χ1v) is 13.6. The summed E-state index contributed by atoms with van der Waals surface area (Å²) in [4.78, 5) is 42.7. The van der Waals surface area contributed by atoms with E-state index in [1.54, 1.807) is 58.3 Å². The predicted molar refractivity (Wildman–Crippen MR) is 151 cm³/mol. The van der Waals surface area contributed by atoms with Gasteiger partial charge in [0.25, 0.3) is 11.8 Å². The van der Waals surface area contributed by atoms with Crippen LogP contribution >= 0.6 is 45.8 Å². The molecule has 6 nitrogen and oxygen atoms in total. The van der Waals surface area contributed by atoms with Gasteiger partial charge < -0.3 is 19.7 Å². The van der Waals surface area contributed by atoms with E-state index >= 15 is 0 Å². The topological polar surface area (TPSA) is 80.8 Å². The summed E-state index contributed by atoms with van der Waals surface area (Å²) in [6, 6.07) is 18.2. The smallest absolute Gasteiger partial charge is 0.550 e. The van der Waals surface area contributed by atoms with Gasteiger partial charge >= 0.3 is 29.6 Å². The molecule has 0 aromatic heterocycles. The first-order chi connectivity index (χ1) is 17.7. The van der Waals surface area contributed by atoms with E-state index in [0.29, 0.717) is 39.7 Å². The third-order valence-corrected chi connectivity index (χ3v) is 7.64. The zero-order valence-corrected chi connectivity index (χ0v) is 26.7. The number of halogens is 3. The van der Waals surface area contributed by atoms with Crippen molar-refractivity contribution < 1.29 is 49.0 Å². The molecule has 0 saturated carbocycles. The van der Waals surface area contributed by atoms with Crippen LogP contribution in [-0.2, 0) is 9.59 Å². The van der Waals surface area contributed by atoms with Gasteiger partial charge in [-0.2, -0.15) is 0 Å². The maximum absolute atomic E-state index is 14.3. The summed E-state index contributed by atoms with van der Waals surface area (Å²) in [6.45, 7) is 2.15. The number of carbonyl (C=O) groups is 3. The zero-order valence-electron chi connectivity index (χ0n) is 21.0. The van der Waals surface area contributed by atoms with Gasteiger partial charge in [-0.1, -0.05) is 47.5 Å². The molecule has 3 aromatic carbocycles. The molecule has 1 aliphatic rings. The van der Waals surface area contributed by atoms with E-state index in [-0.39, 0.29) is 54.3 Å². The van der Waals surface area contributed by atoms with Crippen molar-refractivity contribution in [2.75, 3.05) is 11.4 Å². The number of rotatable bonds is 8. The second-order valence-electron chi connectivity index (χ2n) is 8.87. The van der Waals surface area contributed by atoms with Crippen molar-refractivity contribution in [1.82, 2.24) is 4.90 Å². The van der Waals surface area contributed by atoms with Gasteiger partial charge in [-0.15, -0.1) is 0 Å². The number of hydrogen-bond donors (Lipinski definition) is 0. The largest absolute Gasteiger partial charge is 1.00 e. The number of benzene rings is 3. The minimum atomic E-state index is -1.13. The van der Waals surface area contributed by atoms with Gasteiger partial charge in [0.05, 0.1) is 17.3 Å². The van der Waals surface area contributed by atoms with Crippen LogP contribution in [0.4, 0.5) is 5.69 Å². The maximum Gasteiger partial charge on any atom is 1.00 e. The van der Waals surface area contributed by atoms with Crippen LogP contribution in [-0.4, -0.2) is 29.2 Å². The van der Waals surface area contributed by atoms with Crippen LogP contribution in [0.1, 0.15) is 59.8 Å². The summed E-state index contributed by atoms with van der Waals surface area (Å²) in [5.74, 6) is -1.68. The molecule has 0 spiro atoms. The summed E-state index contributed by atoms with van der Waals surface area (Å²) < 4.78 is 0.859. The molecular formula is C28H24Cl2IN2NaO4. The molecule has 0 saturated heterocycles. The van der Waals surface area contributed by atoms with Crippen molar-refractivity contribution in [3.05, 3.63) is 97.0 Å². The van der Waals surface area contributed by atoms with Gasteiger partial charge in [-0.05, 0) is 102 Å². The van der Waals surface area contributed by atoms with Gasteiger partial charge in [0.2, 0.25) is 0 Å². The Labute approximate surface area is 267 Å². The molecule has 0 radical (unpaired) electrons. The molecule has 0 N–H and O–H groups in total. The number of nitrogens with zero attached hydrogens (tertiary/aromatic N) is 2. The number of aliphatic carboxylic acids is 1. The average Bonchev–Trinajstić information content (AvgIpc) is 2.95. The molecule has 2 atom stereocenters. The molecule has 10 heteroatoms. The van der Waals surface area contributed by atoms with E-state index in [1.807, 2.05) is 25.1 Å². The van der Waals surface area contributed by atoms with Gasteiger partial charge in [-0.25, -0.2) is 0 Å². The second-order valence-corrected chi connectivity index (χ2v) is 11.0. The van der Waals surface area contributed by atoms with Crippen molar-refractivity contribution >= 4 is 69.3 Å². The van der Waals surface area contributed by atoms with Crippen LogP contribution < -0.4 is 39.6 Å². The number of carbonyl (C=O) groups excluding carboxylic acids is 3. The monoisotopic (exact) mass is 672 g/mol. The fourth-order valence-corrected chi connectivity index (χ4v) is 5.32. The Hall–Kier alpha value is -1.62. The van der Waals surface area contributed by atoms with Crippen molar-refractivity contribution in [2.24, 2.45) is 0 Å². The predicted octanol–water partition coefficient (Wildman–Crippen LogP) is 2.81. The Balaban J connectivity index is 0.00000400. The number of fused-ring (bicyclic) bond motifs is 1. The minimum absolute atomic E-state index is 0. The van der Waals surface area contributed by atoms with E-state index < -0.39 is 18.1 Å². The van der Waals surface area contributed by atoms with Crippen molar-refractivity contribution in [3.63, 3.8) is 0 Å². The van der Waals surface area contributed by atoms with Crippen molar-refractivity contribution in [3.8, 4) is 0 Å². The fraction of sp³-hybridized carbons (Fsp3) is 0.250. The van der Waals surface area contributed by atoms with E-state index in [0.717, 1.165) is 9.13 Å². The Morgan fingerprint density at radius 3 is 2.18 bits per heavy atom. The number of amides is 2. The van der Waals surface area contributed by atoms with Crippen molar-refractivity contribution in [2.45, 2.75) is 38.3 Å². The molecule has 1 heterocycles. The summed E-state index contributed by atoms with van der Waals surface area (Å²) in [7, 11) is 0. The number of carboxylic acids is 1. The molecule has 4 rings (SSSR count). The average molecular weight is 673 g/mol. The molecule has 38 heavy (non-hydrogen) atoms. The Kier molecular flexibility index (Phi) is 11.1. The van der Waals surface area contributed by atoms with Crippen molar-refractivity contribution in [1.29, 1.82) is 0 Å². The van der Waals surface area contributed by atoms with E-state index in [4.69, 9.17) is 23.2 Å². The summed E-state index contributed by atoms with van der Waals surface area (Å²) >= 11 is 14.4. The number of carboxylic acid groups (broad SMARTS) is 1. The van der Waals surface area contributed by atoms with Gasteiger partial charge in [-0.3, -0.25) is 9.59 Å². The van der Waals surface area contributed by atoms with Crippen LogP contribution in [0.2, 0.25) is 10.0 Å². The standard InChI is InChI=1S/C28H25Cl2IN2O4.Na/c1-17(18-5-9-20(29)10-6-18)33-26(19-7-11-21(30)12-8-19)28(37)32(15-3-2-4-25(34)35)24-14-13-22(31)16-23(24)27(33)36;/h5-14,16-17,26H,2-4,15H2,1H3,(H,34,35);/q;+1/p-1/t17-,26-;/m1./s1. The number of hydrogen-bond acceptors (Lipinski definition) is 4. The van der Waals surface area contributed by atoms with Crippen LogP contribution in [0.3, 0.4) is 0 Å². The first-order valence-electron chi connectivity index (χ1n) is 11.8. The van der Waals surface area contributed by atoms with E-state index in [9.17, 15) is 19.5 Å². The Morgan fingerprint density at radius 2 is 1.58 bits per heavy atom. The molecule has 0 bridgehead atoms. The molecule has 0 fully saturated rings. The third-order valence-electron chi connectivity index (χ3n) is 6.46. The third kappa shape index (κ3) is 6.92. The SMILES string of the molecule is C[C@H](c1ccc(Cl)cc1)N1C(=O)c2cc(I)ccc2N(CCCCC(=O)[O-])C(=O)[C@H]1c1ccc(Cl)cc1.[Na+]. The normalized spacial score (nSPS) is 15.9. The summed E-state index contributed by atoms with van der Waals surface area (Å²) in [5.41, 5.74) is 2.39. The molecule has 192 valence electrons. The van der Waals surface area contributed by atoms with Gasteiger partial charge in [0.15, 0.2) is 0 Å². The molecule has 3 aromatic rings. The summed E-state index contributed by atoms with van der Waals surface area (Å²) in [6.07, 6.45) is 0.705. The number of unbranched alkanes of at least 4 members (excludes halogenated alkanes) is 1. The maximum atomic E-state index is 14.3. The van der Waals surface area contributed by atoms with Crippen LogP contribution in [0.25, 0.3) is 0 Å². The Morgan fingerprint density at radius 1 is 0.974 bits per heavy atom. The first kappa shape index (κ1) is 30.9. The van der Waals surface area contributed by atoms with Gasteiger partial charge in [0, 0.05) is 26.1 Å². The second kappa shape index (κ2) is 13.6. The van der Waals surface area contributed by atoms with Crippen LogP contribution in [0.15, 0.2) is 66.7 Å². The minimum Gasteiger partial charge on any atom is -0.550 e. The van der Waals surface area contributed by atoms with E-state index in [2.05, 4.69) is 22.6 Å². The molecule has 0 aliphatic carbocycles. The summed E-state index contributed by atoms with van der Waals surface area (Å²) in [5, 5.41) is 12.0. The van der Waals surface area contributed by atoms with Crippen LogP contribution in [0, 0.1) is 3.57 Å². The van der Waals surface area contributed by atoms with Crippen LogP contribution in [0.5, 0.6) is 0 Å². The molecule has 1 aliphatic heterocycles.